The van der Waals surface area contributed by atoms with Gasteiger partial charge in [-0.05, 0) is 43.9 Å². The molecule has 0 aliphatic rings. The van der Waals surface area contributed by atoms with Crippen LogP contribution < -0.4 is 5.32 Å². The van der Waals surface area contributed by atoms with Crippen LogP contribution in [0.5, 0.6) is 0 Å². The lowest BCUT2D eigenvalue weighted by atomic mass is 10.1. The fraction of sp³-hybridized carbons (Fsp3) is 0.417. The molecule has 0 heterocycles. The van der Waals surface area contributed by atoms with Crippen LogP contribution in [0, 0.1) is 6.92 Å². The molecule has 2 amide bonds. The Morgan fingerprint density at radius 3 is 2.34 bits per heavy atom. The van der Waals surface area contributed by atoms with Crippen LogP contribution in [0.3, 0.4) is 0 Å². The lowest BCUT2D eigenvalue weighted by molar-refractivity contribution is -0.138. The van der Waals surface area contributed by atoms with E-state index in [4.69, 9.17) is 0 Å². The molecule has 2 atom stereocenters. The topological polar surface area (TPSA) is 49.4 Å². The smallest absolute Gasteiger partial charge is 0.242 e. The van der Waals surface area contributed by atoms with E-state index in [1.165, 1.54) is 5.56 Å². The van der Waals surface area contributed by atoms with Gasteiger partial charge in [0.15, 0.2) is 0 Å². The summed E-state index contributed by atoms with van der Waals surface area (Å²) < 4.78 is 0. The van der Waals surface area contributed by atoms with Crippen molar-refractivity contribution in [3.05, 3.63) is 71.3 Å². The maximum absolute atomic E-state index is 13.1. The summed E-state index contributed by atoms with van der Waals surface area (Å²) in [5.74, 6) is 1.01. The van der Waals surface area contributed by atoms with Crippen molar-refractivity contribution in [2.75, 3.05) is 5.75 Å². The van der Waals surface area contributed by atoms with E-state index < -0.39 is 6.04 Å². The van der Waals surface area contributed by atoms with E-state index in [0.717, 1.165) is 23.3 Å². The van der Waals surface area contributed by atoms with E-state index in [1.54, 1.807) is 16.7 Å². The van der Waals surface area contributed by atoms with Gasteiger partial charge < -0.3 is 10.2 Å². The molecule has 5 heteroatoms. The molecule has 0 unspecified atom stereocenters. The molecule has 0 spiro atoms. The molecule has 0 aliphatic heterocycles. The molecule has 0 fully saturated rings. The maximum Gasteiger partial charge on any atom is 0.242 e. The fourth-order valence-electron chi connectivity index (χ4n) is 2.93. The third kappa shape index (κ3) is 7.24. The Morgan fingerprint density at radius 1 is 1.03 bits per heavy atom. The monoisotopic (exact) mass is 412 g/mol. The predicted octanol–water partition coefficient (Wildman–Crippen LogP) is 4.56. The van der Waals surface area contributed by atoms with Crippen LogP contribution in [0.25, 0.3) is 0 Å². The second-order valence-electron chi connectivity index (χ2n) is 7.42. The zero-order chi connectivity index (χ0) is 21.2. The van der Waals surface area contributed by atoms with E-state index >= 15 is 0 Å². The molecule has 4 nitrogen and oxygen atoms in total. The van der Waals surface area contributed by atoms with Crippen molar-refractivity contribution in [3.63, 3.8) is 0 Å². The first kappa shape index (κ1) is 23.0. The van der Waals surface area contributed by atoms with Gasteiger partial charge in [-0.25, -0.2) is 0 Å². The normalized spacial score (nSPS) is 12.8. The third-order valence-electron chi connectivity index (χ3n) is 5.11. The van der Waals surface area contributed by atoms with Gasteiger partial charge in [0.1, 0.15) is 6.04 Å². The first-order valence-corrected chi connectivity index (χ1v) is 11.3. The summed E-state index contributed by atoms with van der Waals surface area (Å²) in [6, 6.07) is 17.7. The van der Waals surface area contributed by atoms with Crippen LogP contribution in [0.4, 0.5) is 0 Å². The van der Waals surface area contributed by atoms with Crippen LogP contribution in [-0.4, -0.2) is 34.6 Å². The molecular formula is C24H32N2O2S. The molecule has 0 bridgehead atoms. The number of aryl methyl sites for hydroxylation is 1. The third-order valence-corrected chi connectivity index (χ3v) is 6.10. The van der Waals surface area contributed by atoms with Gasteiger partial charge >= 0.3 is 0 Å². The van der Waals surface area contributed by atoms with Crippen LogP contribution in [0.1, 0.15) is 43.9 Å². The zero-order valence-corrected chi connectivity index (χ0v) is 18.7. The molecule has 2 rings (SSSR count). The first-order valence-electron chi connectivity index (χ1n) is 10.2. The van der Waals surface area contributed by atoms with E-state index in [-0.39, 0.29) is 17.9 Å². The van der Waals surface area contributed by atoms with Crippen molar-refractivity contribution in [3.8, 4) is 0 Å². The standard InChI is InChI=1S/C24H32N2O2S/c1-5-19(3)25-24(28)20(4)26(15-22-14-10-9-11-18(22)2)23(27)17-29-16-21-12-7-6-8-13-21/h6-14,19-20H,5,15-17H2,1-4H3,(H,25,28)/t19-,20-/m0/s1. The van der Waals surface area contributed by atoms with Crippen LogP contribution in [0.2, 0.25) is 0 Å². The number of carbonyl (C=O) groups excluding carboxylic acids is 2. The highest BCUT2D eigenvalue weighted by molar-refractivity contribution is 7.99. The average molecular weight is 413 g/mol. The highest BCUT2D eigenvalue weighted by Gasteiger charge is 2.27. The Bertz CT molecular complexity index is 794. The van der Waals surface area contributed by atoms with Gasteiger partial charge in [0.25, 0.3) is 0 Å². The number of nitrogens with one attached hydrogen (secondary N) is 1. The summed E-state index contributed by atoms with van der Waals surface area (Å²) in [5.41, 5.74) is 3.38. The Labute approximate surface area is 179 Å². The van der Waals surface area contributed by atoms with Crippen molar-refractivity contribution in [1.82, 2.24) is 10.2 Å². The Kier molecular flexibility index (Phi) is 9.26. The van der Waals surface area contributed by atoms with E-state index in [1.807, 2.05) is 70.2 Å². The van der Waals surface area contributed by atoms with Gasteiger partial charge in [-0.3, -0.25) is 9.59 Å². The number of rotatable bonds is 10. The minimum Gasteiger partial charge on any atom is -0.352 e. The molecule has 0 radical (unpaired) electrons. The van der Waals surface area contributed by atoms with Gasteiger partial charge in [-0.1, -0.05) is 61.5 Å². The summed E-state index contributed by atoms with van der Waals surface area (Å²) in [7, 11) is 0. The molecule has 1 N–H and O–H groups in total. The minimum atomic E-state index is -0.520. The summed E-state index contributed by atoms with van der Waals surface area (Å²) in [5, 5.41) is 3.01. The van der Waals surface area contributed by atoms with Gasteiger partial charge in [-0.2, -0.15) is 0 Å². The van der Waals surface area contributed by atoms with Crippen LogP contribution in [0.15, 0.2) is 54.6 Å². The lowest BCUT2D eigenvalue weighted by Crippen LogP contribution is -2.50. The van der Waals surface area contributed by atoms with E-state index in [2.05, 4.69) is 17.4 Å². The van der Waals surface area contributed by atoms with Crippen LogP contribution >= 0.6 is 11.8 Å². The van der Waals surface area contributed by atoms with Gasteiger partial charge in [-0.15, -0.1) is 11.8 Å². The number of hydrogen-bond donors (Lipinski definition) is 1. The van der Waals surface area contributed by atoms with Crippen molar-refractivity contribution < 1.29 is 9.59 Å². The largest absolute Gasteiger partial charge is 0.352 e. The number of thioether (sulfide) groups is 1. The first-order chi connectivity index (χ1) is 13.9. The minimum absolute atomic E-state index is 0.0130. The molecule has 2 aromatic rings. The average Bonchev–Trinajstić information content (AvgIpc) is 2.73. The Balaban J connectivity index is 2.08. The molecular weight excluding hydrogens is 380 g/mol. The maximum atomic E-state index is 13.1. The SMILES string of the molecule is CC[C@H](C)NC(=O)[C@H](C)N(Cc1ccccc1C)C(=O)CSCc1ccccc1. The molecule has 0 saturated heterocycles. The Morgan fingerprint density at radius 2 is 1.69 bits per heavy atom. The molecule has 0 aromatic heterocycles. The second kappa shape index (κ2) is 11.7. The summed E-state index contributed by atoms with van der Waals surface area (Å²) >= 11 is 1.58. The summed E-state index contributed by atoms with van der Waals surface area (Å²) in [6.45, 7) is 8.30. The highest BCUT2D eigenvalue weighted by Crippen LogP contribution is 2.17. The van der Waals surface area contributed by atoms with Gasteiger partial charge in [0.2, 0.25) is 11.8 Å². The molecule has 0 aliphatic carbocycles. The second-order valence-corrected chi connectivity index (χ2v) is 8.41. The summed E-state index contributed by atoms with van der Waals surface area (Å²) in [4.78, 5) is 27.5. The quantitative estimate of drug-likeness (QED) is 0.622. The van der Waals surface area contributed by atoms with Crippen molar-refractivity contribution in [1.29, 1.82) is 0 Å². The van der Waals surface area contributed by atoms with Crippen molar-refractivity contribution in [2.45, 2.75) is 58.5 Å². The van der Waals surface area contributed by atoms with Crippen molar-refractivity contribution >= 4 is 23.6 Å². The van der Waals surface area contributed by atoms with Gasteiger partial charge in [0, 0.05) is 18.3 Å². The van der Waals surface area contributed by atoms with E-state index in [0.29, 0.717) is 12.3 Å². The molecule has 156 valence electrons. The number of carbonyl (C=O) groups is 2. The molecule has 2 aromatic carbocycles. The lowest BCUT2D eigenvalue weighted by Gasteiger charge is -2.30. The number of hydrogen-bond acceptors (Lipinski definition) is 3. The van der Waals surface area contributed by atoms with E-state index in [9.17, 15) is 9.59 Å². The number of benzene rings is 2. The predicted molar refractivity (Wildman–Crippen MR) is 122 cm³/mol. The highest BCUT2D eigenvalue weighted by atomic mass is 32.2. The fourth-order valence-corrected chi connectivity index (χ4v) is 3.80. The number of amides is 2. The molecule has 0 saturated carbocycles. The molecule has 29 heavy (non-hydrogen) atoms. The zero-order valence-electron chi connectivity index (χ0n) is 17.9. The number of nitrogens with zero attached hydrogens (tertiary/aromatic N) is 1. The summed E-state index contributed by atoms with van der Waals surface area (Å²) in [6.07, 6.45) is 0.858. The van der Waals surface area contributed by atoms with Gasteiger partial charge in [0.05, 0.1) is 5.75 Å². The van der Waals surface area contributed by atoms with Crippen LogP contribution in [-0.2, 0) is 21.9 Å². The Hall–Kier alpha value is -2.27. The van der Waals surface area contributed by atoms with Crippen molar-refractivity contribution in [2.24, 2.45) is 0 Å².